The van der Waals surface area contributed by atoms with Crippen LogP contribution in [0.15, 0.2) is 60.7 Å². The number of piperazine rings is 1. The number of amides is 1. The van der Waals surface area contributed by atoms with Crippen molar-refractivity contribution in [2.75, 3.05) is 43.4 Å². The largest absolute Gasteiger partial charge is 0.344 e. The van der Waals surface area contributed by atoms with Gasteiger partial charge in [-0.3, -0.25) is 4.79 Å². The highest BCUT2D eigenvalue weighted by Crippen LogP contribution is 2.21. The number of hydrogen-bond donors (Lipinski definition) is 2. The third-order valence-electron chi connectivity index (χ3n) is 5.34. The fourth-order valence-corrected chi connectivity index (χ4v) is 3.40. The Morgan fingerprint density at radius 1 is 0.931 bits per heavy atom. The summed E-state index contributed by atoms with van der Waals surface area (Å²) in [6.45, 7) is 6.27. The molecule has 1 amide bonds. The average molecular weight is 388 g/mol. The molecule has 2 aromatic carbocycles. The molecular formula is C23H26N5O+. The van der Waals surface area contributed by atoms with Crippen molar-refractivity contribution in [3.63, 3.8) is 0 Å². The SMILES string of the molecule is Cc1ccc(C(=O)Nc2ccc(-c3ccc(N4CC[NH+](C)CC4)nn3)cc2)cc1. The van der Waals surface area contributed by atoms with E-state index in [1.807, 2.05) is 67.6 Å². The molecule has 4 rings (SSSR count). The molecule has 1 aliphatic heterocycles. The molecule has 148 valence electrons. The van der Waals surface area contributed by atoms with Crippen LogP contribution in [0.25, 0.3) is 11.3 Å². The molecule has 1 aliphatic rings. The standard InChI is InChI=1S/C23H25N5O/c1-17-3-5-19(6-4-17)23(29)24-20-9-7-18(8-10-20)21-11-12-22(26-25-21)28-15-13-27(2)14-16-28/h3-12H,13-16H2,1-2H3,(H,24,29)/p+1. The van der Waals surface area contributed by atoms with E-state index in [0.717, 1.165) is 54.5 Å². The summed E-state index contributed by atoms with van der Waals surface area (Å²) in [6, 6.07) is 19.3. The smallest absolute Gasteiger partial charge is 0.255 e. The third-order valence-corrected chi connectivity index (χ3v) is 5.34. The number of carbonyl (C=O) groups excluding carboxylic acids is 1. The third kappa shape index (κ3) is 4.60. The highest BCUT2D eigenvalue weighted by Gasteiger charge is 2.18. The zero-order valence-corrected chi connectivity index (χ0v) is 16.9. The summed E-state index contributed by atoms with van der Waals surface area (Å²) in [7, 11) is 2.22. The first kappa shape index (κ1) is 19.1. The molecule has 0 atom stereocenters. The molecule has 1 saturated heterocycles. The van der Waals surface area contributed by atoms with Gasteiger partial charge in [-0.1, -0.05) is 29.8 Å². The number of nitrogens with zero attached hydrogens (tertiary/aromatic N) is 3. The normalized spacial score (nSPS) is 14.6. The van der Waals surface area contributed by atoms with E-state index in [2.05, 4.69) is 27.5 Å². The lowest BCUT2D eigenvalue weighted by Gasteiger charge is -2.30. The lowest BCUT2D eigenvalue weighted by atomic mass is 10.1. The minimum absolute atomic E-state index is 0.115. The van der Waals surface area contributed by atoms with Crippen molar-refractivity contribution in [3.05, 3.63) is 71.8 Å². The second-order valence-corrected chi connectivity index (χ2v) is 7.62. The summed E-state index contributed by atoms with van der Waals surface area (Å²) in [4.78, 5) is 16.2. The van der Waals surface area contributed by atoms with Crippen LogP contribution in [-0.4, -0.2) is 49.3 Å². The molecule has 2 heterocycles. The van der Waals surface area contributed by atoms with E-state index >= 15 is 0 Å². The molecule has 29 heavy (non-hydrogen) atoms. The van der Waals surface area contributed by atoms with Crippen molar-refractivity contribution in [1.82, 2.24) is 10.2 Å². The van der Waals surface area contributed by atoms with Gasteiger partial charge in [-0.25, -0.2) is 0 Å². The van der Waals surface area contributed by atoms with Crippen molar-refractivity contribution in [2.45, 2.75) is 6.92 Å². The molecular weight excluding hydrogens is 362 g/mol. The Bertz CT molecular complexity index is 960. The van der Waals surface area contributed by atoms with Crippen molar-refractivity contribution in [2.24, 2.45) is 0 Å². The molecule has 0 unspecified atom stereocenters. The van der Waals surface area contributed by atoms with Gasteiger partial charge in [-0.2, -0.15) is 0 Å². The van der Waals surface area contributed by atoms with E-state index < -0.39 is 0 Å². The molecule has 0 radical (unpaired) electrons. The quantitative estimate of drug-likeness (QED) is 0.718. The predicted molar refractivity (Wildman–Crippen MR) is 115 cm³/mol. The van der Waals surface area contributed by atoms with Crippen LogP contribution in [0.3, 0.4) is 0 Å². The first-order chi connectivity index (χ1) is 14.1. The van der Waals surface area contributed by atoms with E-state index in [1.54, 1.807) is 4.90 Å². The molecule has 2 N–H and O–H groups in total. The van der Waals surface area contributed by atoms with Gasteiger partial charge in [0.2, 0.25) is 0 Å². The molecule has 0 aliphatic carbocycles. The van der Waals surface area contributed by atoms with Crippen LogP contribution in [0.2, 0.25) is 0 Å². The van der Waals surface area contributed by atoms with Crippen LogP contribution >= 0.6 is 0 Å². The van der Waals surface area contributed by atoms with Gasteiger partial charge in [0.15, 0.2) is 5.82 Å². The maximum Gasteiger partial charge on any atom is 0.255 e. The van der Waals surface area contributed by atoms with Gasteiger partial charge in [-0.15, -0.1) is 10.2 Å². The maximum absolute atomic E-state index is 12.3. The van der Waals surface area contributed by atoms with Crippen molar-refractivity contribution in [3.8, 4) is 11.3 Å². The maximum atomic E-state index is 12.3. The molecule has 1 fully saturated rings. The molecule has 6 heteroatoms. The molecule has 3 aromatic rings. The van der Waals surface area contributed by atoms with Crippen LogP contribution in [0.4, 0.5) is 11.5 Å². The first-order valence-corrected chi connectivity index (χ1v) is 9.97. The number of anilines is 2. The molecule has 0 spiro atoms. The second kappa shape index (κ2) is 8.41. The van der Waals surface area contributed by atoms with Gasteiger partial charge < -0.3 is 15.1 Å². The summed E-state index contributed by atoms with van der Waals surface area (Å²) in [6.07, 6.45) is 0. The summed E-state index contributed by atoms with van der Waals surface area (Å²) >= 11 is 0. The highest BCUT2D eigenvalue weighted by molar-refractivity contribution is 6.04. The number of nitrogens with one attached hydrogen (secondary N) is 2. The Hall–Kier alpha value is -3.25. The molecule has 1 aromatic heterocycles. The van der Waals surface area contributed by atoms with Crippen molar-refractivity contribution < 1.29 is 9.69 Å². The minimum atomic E-state index is -0.115. The van der Waals surface area contributed by atoms with Gasteiger partial charge in [0, 0.05) is 16.8 Å². The number of aryl methyl sites for hydroxylation is 1. The van der Waals surface area contributed by atoms with E-state index in [9.17, 15) is 4.79 Å². The Balaban J connectivity index is 1.41. The Labute approximate surface area is 171 Å². The fraction of sp³-hybridized carbons (Fsp3) is 0.261. The Morgan fingerprint density at radius 3 is 2.24 bits per heavy atom. The first-order valence-electron chi connectivity index (χ1n) is 9.97. The predicted octanol–water partition coefficient (Wildman–Crippen LogP) is 2.04. The zero-order chi connectivity index (χ0) is 20.2. The Morgan fingerprint density at radius 2 is 1.62 bits per heavy atom. The van der Waals surface area contributed by atoms with Crippen molar-refractivity contribution in [1.29, 1.82) is 0 Å². The van der Waals surface area contributed by atoms with Crippen LogP contribution in [-0.2, 0) is 0 Å². The summed E-state index contributed by atoms with van der Waals surface area (Å²) < 4.78 is 0. The number of benzene rings is 2. The van der Waals surface area contributed by atoms with Gasteiger partial charge >= 0.3 is 0 Å². The second-order valence-electron chi connectivity index (χ2n) is 7.62. The minimum Gasteiger partial charge on any atom is -0.344 e. The summed E-state index contributed by atoms with van der Waals surface area (Å²) in [5.41, 5.74) is 4.33. The van der Waals surface area contributed by atoms with Gasteiger partial charge in [-0.05, 0) is 43.3 Å². The Kier molecular flexibility index (Phi) is 5.53. The van der Waals surface area contributed by atoms with Gasteiger partial charge in [0.1, 0.15) is 0 Å². The number of hydrogen-bond acceptors (Lipinski definition) is 4. The van der Waals surface area contributed by atoms with Crippen LogP contribution in [0.5, 0.6) is 0 Å². The van der Waals surface area contributed by atoms with Crippen molar-refractivity contribution >= 4 is 17.4 Å². The van der Waals surface area contributed by atoms with Gasteiger partial charge in [0.25, 0.3) is 5.91 Å². The van der Waals surface area contributed by atoms with E-state index in [1.165, 1.54) is 0 Å². The van der Waals surface area contributed by atoms with E-state index in [4.69, 9.17) is 0 Å². The molecule has 0 saturated carbocycles. The zero-order valence-electron chi connectivity index (χ0n) is 16.9. The average Bonchev–Trinajstić information content (AvgIpc) is 2.75. The summed E-state index contributed by atoms with van der Waals surface area (Å²) in [5, 5.41) is 11.8. The van der Waals surface area contributed by atoms with Gasteiger partial charge in [0.05, 0.1) is 38.9 Å². The number of carbonyl (C=O) groups is 1. The number of quaternary nitrogens is 1. The number of rotatable bonds is 4. The monoisotopic (exact) mass is 388 g/mol. The molecule has 6 nitrogen and oxygen atoms in total. The fourth-order valence-electron chi connectivity index (χ4n) is 3.40. The lowest BCUT2D eigenvalue weighted by molar-refractivity contribution is -0.880. The number of aromatic nitrogens is 2. The van der Waals surface area contributed by atoms with E-state index in [0.29, 0.717) is 5.56 Å². The molecule has 0 bridgehead atoms. The van der Waals surface area contributed by atoms with Crippen LogP contribution in [0.1, 0.15) is 15.9 Å². The lowest BCUT2D eigenvalue weighted by Crippen LogP contribution is -3.12. The summed E-state index contributed by atoms with van der Waals surface area (Å²) in [5.74, 6) is 0.819. The topological polar surface area (TPSA) is 62.6 Å². The highest BCUT2D eigenvalue weighted by atomic mass is 16.1. The van der Waals surface area contributed by atoms with Crippen LogP contribution in [0, 0.1) is 6.92 Å². The number of likely N-dealkylation sites (N-methyl/N-ethyl adjacent to an activating group) is 1. The van der Waals surface area contributed by atoms with E-state index in [-0.39, 0.29) is 5.91 Å². The van der Waals surface area contributed by atoms with Crippen LogP contribution < -0.4 is 15.1 Å².